The summed E-state index contributed by atoms with van der Waals surface area (Å²) >= 11 is 1.49. The van der Waals surface area contributed by atoms with E-state index in [9.17, 15) is 4.79 Å². The largest absolute Gasteiger partial charge is 0.478 e. The second kappa shape index (κ2) is 8.11. The molecule has 0 saturated heterocycles. The van der Waals surface area contributed by atoms with E-state index in [2.05, 4.69) is 0 Å². The lowest BCUT2D eigenvalue weighted by atomic mass is 10.2. The van der Waals surface area contributed by atoms with Crippen LogP contribution in [0.1, 0.15) is 10.4 Å². The summed E-state index contributed by atoms with van der Waals surface area (Å²) in [6.45, 7) is 1.73. The number of aromatic carboxylic acids is 1. The van der Waals surface area contributed by atoms with Crippen LogP contribution in [0.15, 0.2) is 29.2 Å². The van der Waals surface area contributed by atoms with Crippen molar-refractivity contribution < 1.29 is 19.4 Å². The number of methoxy groups -OCH3 is 1. The van der Waals surface area contributed by atoms with E-state index in [0.29, 0.717) is 25.4 Å². The van der Waals surface area contributed by atoms with Gasteiger partial charge in [0.2, 0.25) is 0 Å². The molecule has 0 spiro atoms. The number of carboxylic acid groups (broad SMARTS) is 1. The van der Waals surface area contributed by atoms with Gasteiger partial charge in [0.1, 0.15) is 0 Å². The maximum Gasteiger partial charge on any atom is 0.336 e. The molecule has 0 aliphatic carbocycles. The summed E-state index contributed by atoms with van der Waals surface area (Å²) in [6.07, 6.45) is 0. The number of carbonyl (C=O) groups is 1. The molecule has 1 N–H and O–H groups in total. The minimum atomic E-state index is -0.895. The van der Waals surface area contributed by atoms with E-state index in [1.165, 1.54) is 11.8 Å². The van der Waals surface area contributed by atoms with E-state index in [4.69, 9.17) is 14.6 Å². The fourth-order valence-corrected chi connectivity index (χ4v) is 2.13. The number of rotatable bonds is 8. The summed E-state index contributed by atoms with van der Waals surface area (Å²) in [5, 5.41) is 8.98. The third-order valence-electron chi connectivity index (χ3n) is 2.03. The van der Waals surface area contributed by atoms with Crippen LogP contribution in [0.2, 0.25) is 0 Å². The molecule has 0 aromatic heterocycles. The van der Waals surface area contributed by atoms with Gasteiger partial charge in [-0.1, -0.05) is 12.1 Å². The molecule has 0 bridgehead atoms. The first-order valence-corrected chi connectivity index (χ1v) is 6.26. The van der Waals surface area contributed by atoms with Crippen molar-refractivity contribution in [3.63, 3.8) is 0 Å². The van der Waals surface area contributed by atoms with Gasteiger partial charge in [-0.2, -0.15) is 0 Å². The van der Waals surface area contributed by atoms with Gasteiger partial charge in [0.05, 0.1) is 25.4 Å². The molecule has 0 aliphatic rings. The maximum absolute atomic E-state index is 10.9. The molecule has 1 rings (SSSR count). The van der Waals surface area contributed by atoms with Gasteiger partial charge in [-0.25, -0.2) is 4.79 Å². The Balaban J connectivity index is 2.34. The van der Waals surface area contributed by atoms with Crippen LogP contribution in [0, 0.1) is 0 Å². The molecule has 94 valence electrons. The number of carboxylic acids is 1. The average molecular weight is 256 g/mol. The summed E-state index contributed by atoms with van der Waals surface area (Å²) in [6, 6.07) is 6.98. The zero-order valence-electron chi connectivity index (χ0n) is 9.72. The summed E-state index contributed by atoms with van der Waals surface area (Å²) in [4.78, 5) is 11.7. The number of hydrogen-bond acceptors (Lipinski definition) is 4. The first-order chi connectivity index (χ1) is 8.25. The van der Waals surface area contributed by atoms with E-state index >= 15 is 0 Å². The molecule has 1 aromatic rings. The SMILES string of the molecule is COCCOCCSc1ccccc1C(=O)O. The fraction of sp³-hybridized carbons (Fsp3) is 0.417. The van der Waals surface area contributed by atoms with Gasteiger partial charge in [-0.3, -0.25) is 0 Å². The third kappa shape index (κ3) is 5.21. The molecule has 0 amide bonds. The molecule has 0 unspecified atom stereocenters. The van der Waals surface area contributed by atoms with Crippen molar-refractivity contribution >= 4 is 17.7 Å². The first kappa shape index (κ1) is 14.0. The molecule has 1 aromatic carbocycles. The van der Waals surface area contributed by atoms with E-state index in [0.717, 1.165) is 10.6 Å². The molecule has 17 heavy (non-hydrogen) atoms. The molecule has 0 aliphatic heterocycles. The van der Waals surface area contributed by atoms with Gasteiger partial charge in [-0.15, -0.1) is 11.8 Å². The van der Waals surface area contributed by atoms with Gasteiger partial charge < -0.3 is 14.6 Å². The predicted octanol–water partition coefficient (Wildman–Crippen LogP) is 2.14. The summed E-state index contributed by atoms with van der Waals surface area (Å²) < 4.78 is 10.2. The second-order valence-corrected chi connectivity index (χ2v) is 4.39. The van der Waals surface area contributed by atoms with Crippen molar-refractivity contribution in [1.82, 2.24) is 0 Å². The van der Waals surface area contributed by atoms with Crippen LogP contribution in [0.5, 0.6) is 0 Å². The Morgan fingerprint density at radius 1 is 1.29 bits per heavy atom. The molecular formula is C12H16O4S. The monoisotopic (exact) mass is 256 g/mol. The van der Waals surface area contributed by atoms with Crippen molar-refractivity contribution in [2.24, 2.45) is 0 Å². The highest BCUT2D eigenvalue weighted by Gasteiger charge is 2.08. The van der Waals surface area contributed by atoms with E-state index in [-0.39, 0.29) is 0 Å². The summed E-state index contributed by atoms with van der Waals surface area (Å²) in [5.41, 5.74) is 0.342. The second-order valence-electron chi connectivity index (χ2n) is 3.25. The zero-order valence-corrected chi connectivity index (χ0v) is 10.5. The van der Waals surface area contributed by atoms with Crippen LogP contribution in [-0.2, 0) is 9.47 Å². The lowest BCUT2D eigenvalue weighted by Gasteiger charge is -2.06. The lowest BCUT2D eigenvalue weighted by molar-refractivity contribution is 0.0693. The van der Waals surface area contributed by atoms with Crippen LogP contribution < -0.4 is 0 Å². The highest BCUT2D eigenvalue weighted by atomic mass is 32.2. The number of hydrogen-bond donors (Lipinski definition) is 1. The predicted molar refractivity (Wildman–Crippen MR) is 66.8 cm³/mol. The van der Waals surface area contributed by atoms with E-state index in [1.54, 1.807) is 19.2 Å². The minimum absolute atomic E-state index is 0.342. The molecule has 0 radical (unpaired) electrons. The van der Waals surface area contributed by atoms with Crippen LogP contribution in [0.25, 0.3) is 0 Å². The molecule has 4 nitrogen and oxygen atoms in total. The number of ether oxygens (including phenoxy) is 2. The first-order valence-electron chi connectivity index (χ1n) is 5.27. The van der Waals surface area contributed by atoms with Crippen molar-refractivity contribution in [3.8, 4) is 0 Å². The molecular weight excluding hydrogens is 240 g/mol. The Labute approximate surface area is 105 Å². The van der Waals surface area contributed by atoms with Gasteiger partial charge >= 0.3 is 5.97 Å². The van der Waals surface area contributed by atoms with Crippen molar-refractivity contribution in [1.29, 1.82) is 0 Å². The van der Waals surface area contributed by atoms with Gasteiger partial charge in [0.15, 0.2) is 0 Å². The minimum Gasteiger partial charge on any atom is -0.478 e. The van der Waals surface area contributed by atoms with Gasteiger partial charge in [0, 0.05) is 17.8 Å². The number of benzene rings is 1. The molecule has 0 fully saturated rings. The molecule has 0 heterocycles. The van der Waals surface area contributed by atoms with E-state index < -0.39 is 5.97 Å². The summed E-state index contributed by atoms with van der Waals surface area (Å²) in [7, 11) is 1.63. The molecule has 0 saturated carbocycles. The normalized spacial score (nSPS) is 10.4. The average Bonchev–Trinajstić information content (AvgIpc) is 2.34. The molecule has 0 atom stereocenters. The Kier molecular flexibility index (Phi) is 6.69. The quantitative estimate of drug-likeness (QED) is 0.570. The van der Waals surface area contributed by atoms with Gasteiger partial charge in [-0.05, 0) is 12.1 Å². The lowest BCUT2D eigenvalue weighted by Crippen LogP contribution is -2.05. The Morgan fingerprint density at radius 2 is 2.06 bits per heavy atom. The van der Waals surface area contributed by atoms with Crippen molar-refractivity contribution in [2.75, 3.05) is 32.7 Å². The van der Waals surface area contributed by atoms with E-state index in [1.807, 2.05) is 12.1 Å². The highest BCUT2D eigenvalue weighted by Crippen LogP contribution is 2.22. The Hall–Kier alpha value is -1.04. The Bertz CT molecular complexity index is 354. The van der Waals surface area contributed by atoms with Crippen molar-refractivity contribution in [2.45, 2.75) is 4.90 Å². The molecule has 5 heteroatoms. The Morgan fingerprint density at radius 3 is 2.76 bits per heavy atom. The summed E-state index contributed by atoms with van der Waals surface area (Å²) in [5.74, 6) is -0.165. The third-order valence-corrected chi connectivity index (χ3v) is 3.07. The maximum atomic E-state index is 10.9. The smallest absolute Gasteiger partial charge is 0.336 e. The zero-order chi connectivity index (χ0) is 12.5. The standard InChI is InChI=1S/C12H16O4S/c1-15-6-7-16-8-9-17-11-5-3-2-4-10(11)12(13)14/h2-5H,6-9H2,1H3,(H,13,14). The van der Waals surface area contributed by atoms with Crippen LogP contribution >= 0.6 is 11.8 Å². The number of thioether (sulfide) groups is 1. The van der Waals surface area contributed by atoms with Crippen molar-refractivity contribution in [3.05, 3.63) is 29.8 Å². The van der Waals surface area contributed by atoms with Gasteiger partial charge in [0.25, 0.3) is 0 Å². The van der Waals surface area contributed by atoms with Crippen LogP contribution in [-0.4, -0.2) is 43.8 Å². The topological polar surface area (TPSA) is 55.8 Å². The highest BCUT2D eigenvalue weighted by molar-refractivity contribution is 7.99. The fourth-order valence-electron chi connectivity index (χ4n) is 1.22. The van der Waals surface area contributed by atoms with Crippen LogP contribution in [0.3, 0.4) is 0 Å². The van der Waals surface area contributed by atoms with Crippen LogP contribution in [0.4, 0.5) is 0 Å².